The third-order valence-electron chi connectivity index (χ3n) is 10.2. The van der Waals surface area contributed by atoms with Gasteiger partial charge in [-0.15, -0.1) is 0 Å². The van der Waals surface area contributed by atoms with Crippen molar-refractivity contribution in [3.63, 3.8) is 0 Å². The zero-order chi connectivity index (χ0) is 37.5. The van der Waals surface area contributed by atoms with Crippen LogP contribution in [0.1, 0.15) is 247 Å². The van der Waals surface area contributed by atoms with Gasteiger partial charge in [0.2, 0.25) is 0 Å². The van der Waals surface area contributed by atoms with Gasteiger partial charge in [0.05, 0.1) is 0 Å². The van der Waals surface area contributed by atoms with E-state index in [0.717, 1.165) is 13.1 Å². The minimum Gasteiger partial charge on any atom is -0.411 e. The number of nitrogens with zero attached hydrogens (tertiary/aromatic N) is 2. The molecule has 306 valence electrons. The number of rotatable bonds is 36. The molecule has 0 radical (unpaired) electrons. The van der Waals surface area contributed by atoms with Gasteiger partial charge in [0.15, 0.2) is 0 Å². The van der Waals surface area contributed by atoms with Crippen LogP contribution in [0.25, 0.3) is 0 Å². The first-order chi connectivity index (χ1) is 24.2. The summed E-state index contributed by atoms with van der Waals surface area (Å²) < 4.78 is 1.27. The summed E-state index contributed by atoms with van der Waals surface area (Å²) in [6, 6.07) is 0.891. The van der Waals surface area contributed by atoms with Crippen molar-refractivity contribution in [1.29, 1.82) is 0 Å². The number of hydrogen-bond acceptors (Lipinski definition) is 4. The van der Waals surface area contributed by atoms with Crippen molar-refractivity contribution in [3.8, 4) is 0 Å². The molecule has 0 aromatic heterocycles. The predicted molar refractivity (Wildman–Crippen MR) is 243 cm³/mol. The summed E-state index contributed by atoms with van der Waals surface area (Å²) in [5, 5.41) is 0. The van der Waals surface area contributed by atoms with E-state index >= 15 is 0 Å². The molecule has 0 aromatic carbocycles. The Kier molecular flexibility index (Phi) is 49.6. The third kappa shape index (κ3) is 43.3. The van der Waals surface area contributed by atoms with Gasteiger partial charge < -0.3 is 59.5 Å². The summed E-state index contributed by atoms with van der Waals surface area (Å²) >= 11 is 20.6. The molecule has 7 heteroatoms. The van der Waals surface area contributed by atoms with Crippen LogP contribution in [0.3, 0.4) is 0 Å². The fourth-order valence-electron chi connectivity index (χ4n) is 6.78. The van der Waals surface area contributed by atoms with Gasteiger partial charge in [-0.05, 0) is 40.5 Å². The second-order valence-corrected chi connectivity index (χ2v) is 17.8. The average molecular weight is 829 g/mol. The van der Waals surface area contributed by atoms with Gasteiger partial charge in [-0.25, -0.2) is 0 Å². The molecule has 2 nitrogen and oxygen atoms in total. The summed E-state index contributed by atoms with van der Waals surface area (Å²) in [7, 11) is 0. The Bertz CT molecular complexity index is 649. The normalized spacial score (nSPS) is 11.0. The topological polar surface area (TPSA) is 6.48 Å². The van der Waals surface area contributed by atoms with Gasteiger partial charge in [0, 0.05) is 25.2 Å². The summed E-state index contributed by atoms with van der Waals surface area (Å²) in [5.41, 5.74) is 0. The van der Waals surface area contributed by atoms with Crippen molar-refractivity contribution in [2.24, 2.45) is 0 Å². The van der Waals surface area contributed by atoms with Crippen molar-refractivity contribution in [1.82, 2.24) is 9.80 Å². The fraction of sp³-hybridized carbons (Fsp3) is 0.955. The summed E-state index contributed by atoms with van der Waals surface area (Å²) in [5.74, 6) is 0. The van der Waals surface area contributed by atoms with E-state index in [9.17, 15) is 0 Å². The van der Waals surface area contributed by atoms with Crippen molar-refractivity contribution in [2.45, 2.75) is 259 Å². The molecular weight excluding hydrogens is 741 g/mol. The largest absolute Gasteiger partial charge is 2.00 e. The van der Waals surface area contributed by atoms with Crippen molar-refractivity contribution >= 4 is 58.3 Å². The van der Waals surface area contributed by atoms with Crippen LogP contribution in [0.4, 0.5) is 0 Å². The maximum atomic E-state index is 5.14. The van der Waals surface area contributed by atoms with E-state index in [0.29, 0.717) is 20.7 Å². The molecule has 0 unspecified atom stereocenters. The SMILES string of the molecule is CCCCCCCCCCCCCCCCCCN(C(=S)[S-])C(C)C.CCCCCCCCCCCCCCCCCCN(C(=S)[S-])C(C)C.[Fe+2]. The van der Waals surface area contributed by atoms with E-state index < -0.39 is 0 Å². The van der Waals surface area contributed by atoms with Crippen LogP contribution in [0.15, 0.2) is 0 Å². The Morgan fingerprint density at radius 3 is 0.647 bits per heavy atom. The minimum atomic E-state index is 0. The van der Waals surface area contributed by atoms with Crippen molar-refractivity contribution in [2.75, 3.05) is 13.1 Å². The van der Waals surface area contributed by atoms with Crippen LogP contribution in [0.5, 0.6) is 0 Å². The Morgan fingerprint density at radius 1 is 0.353 bits per heavy atom. The molecule has 0 fully saturated rings. The Labute approximate surface area is 355 Å². The third-order valence-corrected chi connectivity index (χ3v) is 11.2. The van der Waals surface area contributed by atoms with E-state index in [1.54, 1.807) is 0 Å². The monoisotopic (exact) mass is 829 g/mol. The molecule has 0 aromatic rings. The van der Waals surface area contributed by atoms with E-state index in [1.165, 1.54) is 205 Å². The maximum absolute atomic E-state index is 5.14. The number of hydrogen-bond donors (Lipinski definition) is 0. The molecule has 0 spiro atoms. The second kappa shape index (κ2) is 45.1. The van der Waals surface area contributed by atoms with Gasteiger partial charge in [-0.2, -0.15) is 0 Å². The van der Waals surface area contributed by atoms with Crippen LogP contribution >= 0.6 is 24.4 Å². The van der Waals surface area contributed by atoms with Gasteiger partial charge in [0.1, 0.15) is 0 Å². The summed E-state index contributed by atoms with van der Waals surface area (Å²) in [6.45, 7) is 15.3. The fourth-order valence-corrected chi connectivity index (χ4v) is 7.99. The van der Waals surface area contributed by atoms with E-state index in [1.807, 2.05) is 0 Å². The number of thiocarbonyl (C=S) groups is 2. The van der Waals surface area contributed by atoms with Gasteiger partial charge >= 0.3 is 17.1 Å². The zero-order valence-electron chi connectivity index (χ0n) is 35.1. The second-order valence-electron chi connectivity index (χ2n) is 15.7. The van der Waals surface area contributed by atoms with Crippen LogP contribution in [-0.4, -0.2) is 43.6 Å². The van der Waals surface area contributed by atoms with Crippen LogP contribution in [-0.2, 0) is 42.3 Å². The van der Waals surface area contributed by atoms with Gasteiger partial charge in [-0.1, -0.05) is 215 Å². The van der Waals surface area contributed by atoms with E-state index in [2.05, 4.69) is 51.3 Å². The first-order valence-corrected chi connectivity index (χ1v) is 23.8. The quantitative estimate of drug-likeness (QED) is 0.0267. The molecule has 0 rings (SSSR count). The first-order valence-electron chi connectivity index (χ1n) is 22.1. The smallest absolute Gasteiger partial charge is 0.411 e. The summed E-state index contributed by atoms with van der Waals surface area (Å²) in [6.07, 6.45) is 45.2. The predicted octanol–water partition coefficient (Wildman–Crippen LogP) is 15.6. The average Bonchev–Trinajstić information content (AvgIpc) is 3.07. The van der Waals surface area contributed by atoms with Crippen LogP contribution < -0.4 is 0 Å². The first kappa shape index (κ1) is 56.1. The Hall–Kier alpha value is 0.739. The number of unbranched alkanes of at least 4 members (excludes halogenated alkanes) is 30. The van der Waals surface area contributed by atoms with Crippen molar-refractivity contribution < 1.29 is 17.1 Å². The molecule has 0 N–H and O–H groups in total. The Morgan fingerprint density at radius 2 is 0.510 bits per heavy atom. The molecule has 0 aliphatic carbocycles. The molecule has 0 aliphatic heterocycles. The van der Waals surface area contributed by atoms with E-state index in [-0.39, 0.29) is 17.1 Å². The minimum absolute atomic E-state index is 0. The van der Waals surface area contributed by atoms with Gasteiger partial charge in [0.25, 0.3) is 0 Å². The van der Waals surface area contributed by atoms with Crippen molar-refractivity contribution in [3.05, 3.63) is 0 Å². The molecule has 0 amide bonds. The summed E-state index contributed by atoms with van der Waals surface area (Å²) in [4.78, 5) is 4.35. The molecular formula is C44H88FeN2S4. The molecule has 0 saturated carbocycles. The molecule has 0 atom stereocenters. The molecule has 51 heavy (non-hydrogen) atoms. The molecule has 0 saturated heterocycles. The molecule has 0 bridgehead atoms. The molecule has 0 aliphatic rings. The standard InChI is InChI=1S/2C22H45NS2.Fe/c2*1-4-5-6-7-8-9-10-11-12-13-14-15-16-17-18-19-20-23(21(2)3)22(24)25;/h2*21H,4-20H2,1-3H3,(H,24,25);/q;;+2/p-2. The van der Waals surface area contributed by atoms with Gasteiger partial charge in [-0.3, -0.25) is 0 Å². The Balaban J connectivity index is -0.000000886. The molecule has 0 heterocycles. The maximum Gasteiger partial charge on any atom is 2.00 e. The zero-order valence-corrected chi connectivity index (χ0v) is 39.4. The van der Waals surface area contributed by atoms with E-state index in [4.69, 9.17) is 49.7 Å². The van der Waals surface area contributed by atoms with Crippen LogP contribution in [0.2, 0.25) is 0 Å². The van der Waals surface area contributed by atoms with Crippen LogP contribution in [0, 0.1) is 0 Å².